The minimum Gasteiger partial charge on any atom is -0.478 e. The Balaban J connectivity index is 2.18. The molecule has 3 nitrogen and oxygen atoms in total. The molecule has 0 aromatic heterocycles. The van der Waals surface area contributed by atoms with Gasteiger partial charge in [0.1, 0.15) is 0 Å². The van der Waals surface area contributed by atoms with Crippen LogP contribution in [0, 0.1) is 0 Å². The molecule has 10 heavy (non-hydrogen) atoms. The van der Waals surface area contributed by atoms with Crippen LogP contribution in [0.2, 0.25) is 0 Å². The number of nitrogens with one attached hydrogen (secondary N) is 1. The summed E-state index contributed by atoms with van der Waals surface area (Å²) in [5.74, 6) is 1.06. The Morgan fingerprint density at radius 2 is 2.50 bits per heavy atom. The maximum atomic E-state index is 5.46. The van der Waals surface area contributed by atoms with E-state index >= 15 is 0 Å². The Morgan fingerprint density at radius 3 is 3.30 bits per heavy atom. The molecule has 0 saturated carbocycles. The first-order valence-electron chi connectivity index (χ1n) is 3.71. The van der Waals surface area contributed by atoms with E-state index in [2.05, 4.69) is 17.4 Å². The number of nitrogens with zero attached hydrogens (tertiary/aromatic N) is 1. The van der Waals surface area contributed by atoms with Gasteiger partial charge >= 0.3 is 0 Å². The molecule has 2 heterocycles. The van der Waals surface area contributed by atoms with Gasteiger partial charge in [-0.2, -0.15) is 0 Å². The van der Waals surface area contributed by atoms with Crippen molar-refractivity contribution >= 4 is 0 Å². The average Bonchev–Trinajstić information content (AvgIpc) is 2.34. The molecule has 0 spiro atoms. The molecule has 3 heteroatoms. The van der Waals surface area contributed by atoms with Gasteiger partial charge in [-0.3, -0.25) is 5.01 Å². The highest BCUT2D eigenvalue weighted by Gasteiger charge is 2.23. The van der Waals surface area contributed by atoms with Gasteiger partial charge in [-0.25, -0.2) is 5.43 Å². The van der Waals surface area contributed by atoms with E-state index in [0.717, 1.165) is 32.0 Å². The van der Waals surface area contributed by atoms with Crippen LogP contribution in [-0.4, -0.2) is 24.7 Å². The van der Waals surface area contributed by atoms with Crippen molar-refractivity contribution < 1.29 is 4.74 Å². The number of hydrazine groups is 1. The molecule has 2 aliphatic heterocycles. The Labute approximate surface area is 60.6 Å². The summed E-state index contributed by atoms with van der Waals surface area (Å²) < 4.78 is 5.46. The largest absolute Gasteiger partial charge is 0.478 e. The summed E-state index contributed by atoms with van der Waals surface area (Å²) in [6.45, 7) is 5.03. The maximum Gasteiger partial charge on any atom is 0.204 e. The average molecular weight is 140 g/mol. The van der Waals surface area contributed by atoms with E-state index in [4.69, 9.17) is 4.74 Å². The third kappa shape index (κ3) is 0.778. The standard InChI is InChI=1S/C7H12N2O/c1-6-5-8-9-3-2-4-10-7(6)9/h8H,2-5H2,1H3. The van der Waals surface area contributed by atoms with Gasteiger partial charge in [0.05, 0.1) is 6.61 Å². The zero-order chi connectivity index (χ0) is 6.97. The number of rotatable bonds is 0. The van der Waals surface area contributed by atoms with Crippen LogP contribution in [0.5, 0.6) is 0 Å². The molecule has 2 aliphatic rings. The molecule has 0 amide bonds. The third-order valence-electron chi connectivity index (χ3n) is 1.91. The lowest BCUT2D eigenvalue weighted by Gasteiger charge is -2.26. The van der Waals surface area contributed by atoms with Crippen molar-refractivity contribution in [1.82, 2.24) is 10.4 Å². The van der Waals surface area contributed by atoms with Crippen molar-refractivity contribution in [3.05, 3.63) is 11.5 Å². The Hall–Kier alpha value is -0.700. The molecule has 1 saturated heterocycles. The first-order valence-corrected chi connectivity index (χ1v) is 3.71. The molecule has 0 bridgehead atoms. The van der Waals surface area contributed by atoms with Crippen molar-refractivity contribution in [3.63, 3.8) is 0 Å². The van der Waals surface area contributed by atoms with Gasteiger partial charge in [0.25, 0.3) is 0 Å². The van der Waals surface area contributed by atoms with E-state index in [0.29, 0.717) is 0 Å². The lowest BCUT2D eigenvalue weighted by molar-refractivity contribution is 0.0499. The van der Waals surface area contributed by atoms with Crippen LogP contribution in [-0.2, 0) is 4.74 Å². The summed E-state index contributed by atoms with van der Waals surface area (Å²) in [5, 5.41) is 2.10. The first kappa shape index (κ1) is 6.04. The molecule has 0 aliphatic carbocycles. The second-order valence-corrected chi connectivity index (χ2v) is 2.77. The summed E-state index contributed by atoms with van der Waals surface area (Å²) in [7, 11) is 0. The monoisotopic (exact) mass is 140 g/mol. The number of hydrogen-bond acceptors (Lipinski definition) is 3. The molecule has 2 rings (SSSR count). The molecule has 0 radical (unpaired) electrons. The summed E-state index contributed by atoms with van der Waals surface area (Å²) in [6.07, 6.45) is 1.13. The fourth-order valence-electron chi connectivity index (χ4n) is 1.37. The van der Waals surface area contributed by atoms with Crippen molar-refractivity contribution in [2.24, 2.45) is 0 Å². The van der Waals surface area contributed by atoms with Crippen molar-refractivity contribution in [1.29, 1.82) is 0 Å². The van der Waals surface area contributed by atoms with Gasteiger partial charge in [0, 0.05) is 25.1 Å². The van der Waals surface area contributed by atoms with Crippen molar-refractivity contribution in [2.45, 2.75) is 13.3 Å². The maximum absolute atomic E-state index is 5.46. The summed E-state index contributed by atoms with van der Waals surface area (Å²) >= 11 is 0. The zero-order valence-electron chi connectivity index (χ0n) is 6.18. The molecule has 0 aromatic carbocycles. The minimum absolute atomic E-state index is 0.880. The number of fused-ring (bicyclic) bond motifs is 1. The van der Waals surface area contributed by atoms with Crippen LogP contribution in [0.4, 0.5) is 0 Å². The second-order valence-electron chi connectivity index (χ2n) is 2.77. The minimum atomic E-state index is 0.880. The van der Waals surface area contributed by atoms with E-state index in [1.165, 1.54) is 5.57 Å². The van der Waals surface area contributed by atoms with E-state index in [1.54, 1.807) is 0 Å². The highest BCUT2D eigenvalue weighted by atomic mass is 16.5. The predicted octanol–water partition coefficient (Wildman–Crippen LogP) is 0.458. The van der Waals surface area contributed by atoms with E-state index < -0.39 is 0 Å². The molecule has 0 aromatic rings. The van der Waals surface area contributed by atoms with Gasteiger partial charge in [0.2, 0.25) is 5.88 Å². The van der Waals surface area contributed by atoms with Crippen molar-refractivity contribution in [3.8, 4) is 0 Å². The normalized spacial score (nSPS) is 24.7. The highest BCUT2D eigenvalue weighted by Crippen LogP contribution is 2.19. The van der Waals surface area contributed by atoms with Gasteiger partial charge in [-0.15, -0.1) is 0 Å². The molecular formula is C7H12N2O. The quantitative estimate of drug-likeness (QED) is 0.529. The molecule has 56 valence electrons. The van der Waals surface area contributed by atoms with Gasteiger partial charge < -0.3 is 4.74 Å². The molecule has 0 unspecified atom stereocenters. The highest BCUT2D eigenvalue weighted by molar-refractivity contribution is 5.12. The number of ether oxygens (including phenoxy) is 1. The first-order chi connectivity index (χ1) is 4.88. The fraction of sp³-hybridized carbons (Fsp3) is 0.714. The third-order valence-corrected chi connectivity index (χ3v) is 1.91. The van der Waals surface area contributed by atoms with E-state index in [1.807, 2.05) is 0 Å². The fourth-order valence-corrected chi connectivity index (χ4v) is 1.37. The van der Waals surface area contributed by atoms with E-state index in [-0.39, 0.29) is 0 Å². The SMILES string of the molecule is CC1=C2OCCCN2NC1. The predicted molar refractivity (Wildman–Crippen MR) is 38.0 cm³/mol. The Morgan fingerprint density at radius 1 is 1.60 bits per heavy atom. The molecule has 1 fully saturated rings. The second kappa shape index (κ2) is 2.16. The Bertz CT molecular complexity index is 176. The Kier molecular flexibility index (Phi) is 1.31. The lowest BCUT2D eigenvalue weighted by Crippen LogP contribution is -2.37. The molecule has 1 N–H and O–H groups in total. The van der Waals surface area contributed by atoms with Gasteiger partial charge in [0.15, 0.2) is 0 Å². The van der Waals surface area contributed by atoms with Crippen LogP contribution in [0.3, 0.4) is 0 Å². The zero-order valence-corrected chi connectivity index (χ0v) is 6.18. The van der Waals surface area contributed by atoms with Gasteiger partial charge in [-0.05, 0) is 6.92 Å². The summed E-state index contributed by atoms with van der Waals surface area (Å²) in [6, 6.07) is 0. The number of hydrogen-bond donors (Lipinski definition) is 1. The van der Waals surface area contributed by atoms with E-state index in [9.17, 15) is 0 Å². The van der Waals surface area contributed by atoms with Crippen LogP contribution < -0.4 is 5.43 Å². The summed E-state index contributed by atoms with van der Waals surface area (Å²) in [4.78, 5) is 0. The van der Waals surface area contributed by atoms with Crippen molar-refractivity contribution in [2.75, 3.05) is 19.7 Å². The molecule has 0 atom stereocenters. The topological polar surface area (TPSA) is 24.5 Å². The van der Waals surface area contributed by atoms with Crippen LogP contribution >= 0.6 is 0 Å². The smallest absolute Gasteiger partial charge is 0.204 e. The van der Waals surface area contributed by atoms with Crippen LogP contribution in [0.25, 0.3) is 0 Å². The van der Waals surface area contributed by atoms with Crippen LogP contribution in [0.15, 0.2) is 11.5 Å². The van der Waals surface area contributed by atoms with Gasteiger partial charge in [-0.1, -0.05) is 0 Å². The molecular weight excluding hydrogens is 128 g/mol. The summed E-state index contributed by atoms with van der Waals surface area (Å²) in [5.41, 5.74) is 4.56. The van der Waals surface area contributed by atoms with Crippen LogP contribution in [0.1, 0.15) is 13.3 Å². The lowest BCUT2D eigenvalue weighted by atomic mass is 10.3.